The number of carbonyl (C=O) groups excluding carboxylic acids is 2. The van der Waals surface area contributed by atoms with Crippen molar-refractivity contribution in [2.45, 2.75) is 13.5 Å². The minimum atomic E-state index is -0.731. The maximum absolute atomic E-state index is 11.7. The topological polar surface area (TPSA) is 98.2 Å². The highest BCUT2D eigenvalue weighted by Gasteiger charge is 2.12. The Morgan fingerprint density at radius 1 is 1.29 bits per heavy atom. The van der Waals surface area contributed by atoms with E-state index in [9.17, 15) is 19.2 Å². The number of aryl methyl sites for hydroxylation is 1. The minimum absolute atomic E-state index is 0.296. The maximum Gasteiger partial charge on any atom is 0.328 e. The lowest BCUT2D eigenvalue weighted by Gasteiger charge is -2.05. The summed E-state index contributed by atoms with van der Waals surface area (Å²) in [5.41, 5.74) is -1.26. The molecule has 0 saturated carbocycles. The third kappa shape index (κ3) is 3.99. The van der Waals surface area contributed by atoms with Gasteiger partial charge >= 0.3 is 11.7 Å². The summed E-state index contributed by atoms with van der Waals surface area (Å²) in [6, 6.07) is 4.59. The molecule has 2 aromatic heterocycles. The predicted molar refractivity (Wildman–Crippen MR) is 75.7 cm³/mol. The molecule has 0 aliphatic carbocycles. The van der Waals surface area contributed by atoms with Crippen molar-refractivity contribution >= 4 is 23.1 Å². The number of nitrogens with zero attached hydrogens (tertiary/aromatic N) is 1. The SMILES string of the molecule is Cc1ccc(C(=O)COC(=O)Cn2ccc(=O)[nH]c2=O)s1. The highest BCUT2D eigenvalue weighted by Crippen LogP contribution is 2.15. The number of aromatic nitrogens is 2. The fourth-order valence-corrected chi connectivity index (χ4v) is 2.35. The lowest BCUT2D eigenvalue weighted by atomic mass is 10.3. The Morgan fingerprint density at radius 3 is 2.67 bits per heavy atom. The van der Waals surface area contributed by atoms with Crippen LogP contribution in [0.4, 0.5) is 0 Å². The van der Waals surface area contributed by atoms with Crippen molar-refractivity contribution < 1.29 is 14.3 Å². The number of ketones is 1. The molecule has 21 heavy (non-hydrogen) atoms. The molecule has 0 atom stereocenters. The van der Waals surface area contributed by atoms with Gasteiger partial charge in [0, 0.05) is 17.1 Å². The largest absolute Gasteiger partial charge is 0.456 e. The maximum atomic E-state index is 11.7. The fraction of sp³-hybridized carbons (Fsp3) is 0.231. The molecule has 7 nitrogen and oxygen atoms in total. The number of ether oxygens (including phenoxy) is 1. The number of H-pyrrole nitrogens is 1. The molecule has 0 bridgehead atoms. The van der Waals surface area contributed by atoms with Crippen molar-refractivity contribution in [3.8, 4) is 0 Å². The van der Waals surface area contributed by atoms with Crippen molar-refractivity contribution in [1.29, 1.82) is 0 Å². The lowest BCUT2D eigenvalue weighted by molar-refractivity contribution is -0.143. The van der Waals surface area contributed by atoms with Gasteiger partial charge in [-0.2, -0.15) is 0 Å². The van der Waals surface area contributed by atoms with E-state index in [4.69, 9.17) is 4.74 Å². The third-order valence-electron chi connectivity index (χ3n) is 2.58. The zero-order valence-electron chi connectivity index (χ0n) is 11.1. The van der Waals surface area contributed by atoms with Crippen molar-refractivity contribution in [1.82, 2.24) is 9.55 Å². The van der Waals surface area contributed by atoms with Gasteiger partial charge in [0.25, 0.3) is 5.56 Å². The van der Waals surface area contributed by atoms with Crippen molar-refractivity contribution in [2.24, 2.45) is 0 Å². The molecule has 0 aliphatic heterocycles. The normalized spacial score (nSPS) is 10.3. The van der Waals surface area contributed by atoms with Crippen LogP contribution in [0.1, 0.15) is 14.5 Å². The smallest absolute Gasteiger partial charge is 0.328 e. The molecule has 0 radical (unpaired) electrons. The second-order valence-corrected chi connectivity index (χ2v) is 5.52. The number of carbonyl (C=O) groups is 2. The van der Waals surface area contributed by atoms with Gasteiger partial charge in [-0.05, 0) is 19.1 Å². The number of hydrogen-bond donors (Lipinski definition) is 1. The number of thiophene rings is 1. The Morgan fingerprint density at radius 2 is 2.05 bits per heavy atom. The molecule has 8 heteroatoms. The summed E-state index contributed by atoms with van der Waals surface area (Å²) in [5.74, 6) is -1.03. The molecular weight excluding hydrogens is 296 g/mol. The number of Topliss-reactive ketones (excluding diaryl/α,β-unsaturated/α-hetero) is 1. The molecule has 0 spiro atoms. The van der Waals surface area contributed by atoms with E-state index < -0.39 is 17.2 Å². The van der Waals surface area contributed by atoms with E-state index in [1.165, 1.54) is 17.5 Å². The van der Waals surface area contributed by atoms with E-state index in [1.54, 1.807) is 12.1 Å². The molecule has 0 unspecified atom stereocenters. The van der Waals surface area contributed by atoms with E-state index in [0.29, 0.717) is 4.88 Å². The van der Waals surface area contributed by atoms with Crippen LogP contribution in [-0.2, 0) is 16.1 Å². The van der Waals surface area contributed by atoms with Gasteiger partial charge in [-0.25, -0.2) is 4.79 Å². The monoisotopic (exact) mass is 308 g/mol. The second-order valence-electron chi connectivity index (χ2n) is 4.23. The Labute approximate surface area is 122 Å². The summed E-state index contributed by atoms with van der Waals surface area (Å²) < 4.78 is 5.81. The molecule has 0 saturated heterocycles. The summed E-state index contributed by atoms with van der Waals surface area (Å²) >= 11 is 1.32. The lowest BCUT2D eigenvalue weighted by Crippen LogP contribution is -2.31. The summed E-state index contributed by atoms with van der Waals surface area (Å²) in [4.78, 5) is 49.1. The molecule has 0 aliphatic rings. The molecule has 110 valence electrons. The molecule has 2 aromatic rings. The standard InChI is InChI=1S/C13H12N2O5S/c1-8-2-3-10(21-8)9(16)7-20-12(18)6-15-5-4-11(17)14-13(15)19/h2-5H,6-7H2,1H3,(H,14,17,19). The number of rotatable bonds is 5. The van der Waals surface area contributed by atoms with Crippen LogP contribution in [0.15, 0.2) is 34.0 Å². The molecule has 0 aromatic carbocycles. The Kier molecular flexibility index (Phi) is 4.49. The number of esters is 1. The first-order valence-electron chi connectivity index (χ1n) is 6.01. The minimum Gasteiger partial charge on any atom is -0.456 e. The van der Waals surface area contributed by atoms with E-state index in [0.717, 1.165) is 15.5 Å². The Hall–Kier alpha value is -2.48. The van der Waals surface area contributed by atoms with Crippen LogP contribution in [0, 0.1) is 6.92 Å². The van der Waals surface area contributed by atoms with Gasteiger partial charge in [0.05, 0.1) is 4.88 Å². The van der Waals surface area contributed by atoms with Crippen LogP contribution in [-0.4, -0.2) is 27.9 Å². The van der Waals surface area contributed by atoms with Crippen LogP contribution >= 0.6 is 11.3 Å². The number of nitrogens with one attached hydrogen (secondary N) is 1. The van der Waals surface area contributed by atoms with Crippen molar-refractivity contribution in [2.75, 3.05) is 6.61 Å². The first-order valence-corrected chi connectivity index (χ1v) is 6.82. The molecule has 2 heterocycles. The van der Waals surface area contributed by atoms with Gasteiger partial charge in [0.2, 0.25) is 5.78 Å². The average molecular weight is 308 g/mol. The van der Waals surface area contributed by atoms with Gasteiger partial charge in [-0.3, -0.25) is 23.9 Å². The Bertz CT molecular complexity index is 786. The van der Waals surface area contributed by atoms with E-state index >= 15 is 0 Å². The van der Waals surface area contributed by atoms with Gasteiger partial charge in [-0.1, -0.05) is 0 Å². The van der Waals surface area contributed by atoms with Crippen LogP contribution in [0.3, 0.4) is 0 Å². The summed E-state index contributed by atoms with van der Waals surface area (Å²) in [6.45, 7) is 1.12. The second kappa shape index (κ2) is 6.31. The van der Waals surface area contributed by atoms with Crippen LogP contribution in [0.5, 0.6) is 0 Å². The highest BCUT2D eigenvalue weighted by molar-refractivity contribution is 7.14. The van der Waals surface area contributed by atoms with Crippen LogP contribution in [0.2, 0.25) is 0 Å². The van der Waals surface area contributed by atoms with E-state index in [-0.39, 0.29) is 18.9 Å². The zero-order valence-corrected chi connectivity index (χ0v) is 11.9. The summed E-state index contributed by atoms with van der Waals surface area (Å²) in [5, 5.41) is 0. The summed E-state index contributed by atoms with van der Waals surface area (Å²) in [7, 11) is 0. The molecule has 1 N–H and O–H groups in total. The Balaban J connectivity index is 1.92. The molecule has 2 rings (SSSR count). The quantitative estimate of drug-likeness (QED) is 0.634. The highest BCUT2D eigenvalue weighted by atomic mass is 32.1. The van der Waals surface area contributed by atoms with Crippen LogP contribution in [0.25, 0.3) is 0 Å². The molecule has 0 fully saturated rings. The predicted octanol–water partition coefficient (Wildman–Crippen LogP) is 0.333. The number of aromatic amines is 1. The van der Waals surface area contributed by atoms with Gasteiger partial charge in [0.15, 0.2) is 6.61 Å². The van der Waals surface area contributed by atoms with Gasteiger partial charge in [-0.15, -0.1) is 11.3 Å². The summed E-state index contributed by atoms with van der Waals surface area (Å²) in [6.07, 6.45) is 1.19. The van der Waals surface area contributed by atoms with Crippen LogP contribution < -0.4 is 11.2 Å². The first kappa shape index (κ1) is 14.9. The van der Waals surface area contributed by atoms with Gasteiger partial charge in [0.1, 0.15) is 6.54 Å². The third-order valence-corrected chi connectivity index (χ3v) is 3.62. The van der Waals surface area contributed by atoms with Crippen molar-refractivity contribution in [3.63, 3.8) is 0 Å². The molecule has 0 amide bonds. The first-order chi connectivity index (χ1) is 9.95. The zero-order chi connectivity index (χ0) is 15.4. The van der Waals surface area contributed by atoms with E-state index in [1.807, 2.05) is 11.9 Å². The average Bonchev–Trinajstić information content (AvgIpc) is 2.86. The van der Waals surface area contributed by atoms with Gasteiger partial charge < -0.3 is 4.74 Å². The molecular formula is C13H12N2O5S. The van der Waals surface area contributed by atoms with E-state index in [2.05, 4.69) is 0 Å². The van der Waals surface area contributed by atoms with Crippen molar-refractivity contribution in [3.05, 3.63) is 55.0 Å². The number of hydrogen-bond acceptors (Lipinski definition) is 6. The fourth-order valence-electron chi connectivity index (χ4n) is 1.56.